The Morgan fingerprint density at radius 1 is 1.16 bits per heavy atom. The van der Waals surface area contributed by atoms with Crippen LogP contribution in [0.1, 0.15) is 42.2 Å². The second-order valence-electron chi connectivity index (χ2n) is 5.74. The Morgan fingerprint density at radius 2 is 1.88 bits per heavy atom. The maximum atomic E-state index is 12.7. The molecule has 0 fully saturated rings. The van der Waals surface area contributed by atoms with Gasteiger partial charge in [0.25, 0.3) is 5.91 Å². The predicted molar refractivity (Wildman–Crippen MR) is 98.5 cm³/mol. The summed E-state index contributed by atoms with van der Waals surface area (Å²) < 4.78 is 5.23. The van der Waals surface area contributed by atoms with Crippen molar-refractivity contribution in [2.45, 2.75) is 37.4 Å². The number of nitrogens with zero attached hydrogens (tertiary/aromatic N) is 1. The Bertz CT molecular complexity index is 720. The normalized spacial score (nSPS) is 11.8. The lowest BCUT2D eigenvalue weighted by Gasteiger charge is -2.20. The number of benzene rings is 1. The van der Waals surface area contributed by atoms with Crippen LogP contribution in [-0.4, -0.2) is 29.2 Å². The third-order valence-corrected chi connectivity index (χ3v) is 4.17. The van der Waals surface area contributed by atoms with Gasteiger partial charge in [-0.2, -0.15) is 0 Å². The van der Waals surface area contributed by atoms with Crippen molar-refractivity contribution in [2.75, 3.05) is 6.26 Å². The highest BCUT2D eigenvalue weighted by atomic mass is 32.2. The summed E-state index contributed by atoms with van der Waals surface area (Å²) in [6, 6.07) is 12.4. The highest BCUT2D eigenvalue weighted by molar-refractivity contribution is 7.98. The monoisotopic (exact) mass is 358 g/mol. The van der Waals surface area contributed by atoms with E-state index in [1.54, 1.807) is 32.2 Å². The fourth-order valence-corrected chi connectivity index (χ4v) is 2.92. The number of amides is 1. The molecule has 0 spiro atoms. The number of nitrogens with one attached hydrogen (secondary N) is 1. The lowest BCUT2D eigenvalue weighted by atomic mass is 10.0. The molecule has 2 rings (SSSR count). The molecule has 0 bridgehead atoms. The zero-order valence-corrected chi connectivity index (χ0v) is 15.4. The van der Waals surface area contributed by atoms with Crippen molar-refractivity contribution >= 4 is 23.6 Å². The first-order chi connectivity index (χ1) is 12.0. The van der Waals surface area contributed by atoms with Gasteiger partial charge in [0.2, 0.25) is 0 Å². The van der Waals surface area contributed by atoms with Crippen LogP contribution < -0.4 is 5.32 Å². The lowest BCUT2D eigenvalue weighted by Crippen LogP contribution is -2.31. The molecule has 1 heterocycles. The van der Waals surface area contributed by atoms with E-state index in [1.165, 1.54) is 11.8 Å². The van der Waals surface area contributed by atoms with Gasteiger partial charge in [0.15, 0.2) is 0 Å². The van der Waals surface area contributed by atoms with E-state index < -0.39 is 6.04 Å². The number of thioether (sulfide) groups is 1. The third-order valence-electron chi connectivity index (χ3n) is 3.45. The molecule has 1 N–H and O–H groups in total. The summed E-state index contributed by atoms with van der Waals surface area (Å²) in [5.41, 5.74) is 1.35. The van der Waals surface area contributed by atoms with Gasteiger partial charge < -0.3 is 10.1 Å². The molecule has 6 heteroatoms. The molecule has 1 aromatic carbocycles. The maximum absolute atomic E-state index is 12.7. The Kier molecular flexibility index (Phi) is 7.01. The molecule has 5 nitrogen and oxygen atoms in total. The van der Waals surface area contributed by atoms with E-state index in [9.17, 15) is 9.59 Å². The van der Waals surface area contributed by atoms with Crippen LogP contribution in [0.4, 0.5) is 0 Å². The molecule has 1 aromatic heterocycles. The van der Waals surface area contributed by atoms with Crippen molar-refractivity contribution in [3.05, 3.63) is 59.8 Å². The van der Waals surface area contributed by atoms with Crippen molar-refractivity contribution in [3.8, 4) is 0 Å². The lowest BCUT2D eigenvalue weighted by molar-refractivity contribution is -0.147. The van der Waals surface area contributed by atoms with Gasteiger partial charge in [-0.1, -0.05) is 30.3 Å². The highest BCUT2D eigenvalue weighted by Gasteiger charge is 2.22. The smallest absolute Gasteiger partial charge is 0.308 e. The van der Waals surface area contributed by atoms with Crippen LogP contribution in [0.2, 0.25) is 0 Å². The molecule has 0 radical (unpaired) electrons. The summed E-state index contributed by atoms with van der Waals surface area (Å²) in [7, 11) is 0. The van der Waals surface area contributed by atoms with Gasteiger partial charge in [-0.15, -0.1) is 11.8 Å². The van der Waals surface area contributed by atoms with E-state index in [0.717, 1.165) is 5.56 Å². The number of carbonyl (C=O) groups excluding carboxylic acids is 2. The van der Waals surface area contributed by atoms with Gasteiger partial charge in [-0.25, -0.2) is 4.98 Å². The van der Waals surface area contributed by atoms with E-state index in [4.69, 9.17) is 4.74 Å². The largest absolute Gasteiger partial charge is 0.463 e. The minimum atomic E-state index is -0.463. The average Bonchev–Trinajstić information content (AvgIpc) is 2.61. The van der Waals surface area contributed by atoms with Gasteiger partial charge in [-0.05, 0) is 37.8 Å². The molecular weight excluding hydrogens is 336 g/mol. The number of rotatable bonds is 7. The molecule has 1 unspecified atom stereocenters. The van der Waals surface area contributed by atoms with Crippen LogP contribution >= 0.6 is 11.8 Å². The first-order valence-corrected chi connectivity index (χ1v) is 9.28. The topological polar surface area (TPSA) is 68.3 Å². The molecule has 0 aliphatic heterocycles. The molecule has 1 atom stereocenters. The molecule has 0 saturated heterocycles. The summed E-state index contributed by atoms with van der Waals surface area (Å²) in [6.45, 7) is 3.60. The zero-order chi connectivity index (χ0) is 18.2. The van der Waals surface area contributed by atoms with Crippen LogP contribution in [-0.2, 0) is 9.53 Å². The predicted octanol–water partition coefficient (Wildman–Crippen LogP) is 3.62. The van der Waals surface area contributed by atoms with Crippen LogP contribution in [0, 0.1) is 0 Å². The van der Waals surface area contributed by atoms with E-state index >= 15 is 0 Å². The molecule has 1 amide bonds. The van der Waals surface area contributed by atoms with Crippen molar-refractivity contribution in [1.82, 2.24) is 10.3 Å². The van der Waals surface area contributed by atoms with Crippen molar-refractivity contribution in [2.24, 2.45) is 0 Å². The molecule has 0 aliphatic carbocycles. The Labute approximate surface area is 152 Å². The summed E-state index contributed by atoms with van der Waals surface area (Å²) in [4.78, 5) is 29.0. The van der Waals surface area contributed by atoms with Crippen molar-refractivity contribution in [3.63, 3.8) is 0 Å². The van der Waals surface area contributed by atoms with E-state index in [1.807, 2.05) is 36.6 Å². The molecule has 0 aliphatic rings. The number of ether oxygens (including phenoxy) is 1. The van der Waals surface area contributed by atoms with Gasteiger partial charge in [-0.3, -0.25) is 9.59 Å². The second-order valence-corrected chi connectivity index (χ2v) is 6.53. The number of aromatic nitrogens is 1. The van der Waals surface area contributed by atoms with E-state index in [0.29, 0.717) is 10.6 Å². The van der Waals surface area contributed by atoms with Gasteiger partial charge in [0.05, 0.1) is 24.1 Å². The van der Waals surface area contributed by atoms with Crippen LogP contribution in [0.3, 0.4) is 0 Å². The molecule has 2 aromatic rings. The molecule has 0 saturated carbocycles. The number of hydrogen-bond donors (Lipinski definition) is 1. The first kappa shape index (κ1) is 19.0. The average molecular weight is 358 g/mol. The van der Waals surface area contributed by atoms with Crippen LogP contribution in [0.25, 0.3) is 0 Å². The SMILES string of the molecule is CSc1ncccc1C(=O)NC(CC(=O)OC(C)C)c1ccccc1. The Morgan fingerprint density at radius 3 is 2.52 bits per heavy atom. The van der Waals surface area contributed by atoms with Gasteiger partial charge >= 0.3 is 5.97 Å². The number of carbonyl (C=O) groups is 2. The molecule has 132 valence electrons. The minimum absolute atomic E-state index is 0.0722. The Balaban J connectivity index is 2.21. The van der Waals surface area contributed by atoms with Crippen molar-refractivity contribution in [1.29, 1.82) is 0 Å². The van der Waals surface area contributed by atoms with Crippen molar-refractivity contribution < 1.29 is 14.3 Å². The molecular formula is C19H22N2O3S. The van der Waals surface area contributed by atoms with E-state index in [2.05, 4.69) is 10.3 Å². The first-order valence-electron chi connectivity index (χ1n) is 8.05. The standard InChI is InChI=1S/C19H22N2O3S/c1-13(2)24-17(22)12-16(14-8-5-4-6-9-14)21-18(23)15-10-7-11-20-19(15)25-3/h4-11,13,16H,12H2,1-3H3,(H,21,23). The fourth-order valence-electron chi connectivity index (χ4n) is 2.38. The maximum Gasteiger partial charge on any atom is 0.308 e. The molecule has 25 heavy (non-hydrogen) atoms. The number of esters is 1. The summed E-state index contributed by atoms with van der Waals surface area (Å²) >= 11 is 1.41. The van der Waals surface area contributed by atoms with Crippen LogP contribution in [0.5, 0.6) is 0 Å². The van der Waals surface area contributed by atoms with Gasteiger partial charge in [0, 0.05) is 6.20 Å². The summed E-state index contributed by atoms with van der Waals surface area (Å²) in [5.74, 6) is -0.607. The third kappa shape index (κ3) is 5.60. The quantitative estimate of drug-likeness (QED) is 0.605. The number of pyridine rings is 1. The Hall–Kier alpha value is -2.34. The second kappa shape index (κ2) is 9.22. The summed E-state index contributed by atoms with van der Waals surface area (Å²) in [5, 5.41) is 3.58. The van der Waals surface area contributed by atoms with Crippen LogP contribution in [0.15, 0.2) is 53.7 Å². The summed E-state index contributed by atoms with van der Waals surface area (Å²) in [6.07, 6.45) is 3.40. The number of hydrogen-bond acceptors (Lipinski definition) is 5. The minimum Gasteiger partial charge on any atom is -0.463 e. The van der Waals surface area contributed by atoms with E-state index in [-0.39, 0.29) is 24.4 Å². The fraction of sp³-hybridized carbons (Fsp3) is 0.316. The van der Waals surface area contributed by atoms with Gasteiger partial charge in [0.1, 0.15) is 5.03 Å². The zero-order valence-electron chi connectivity index (χ0n) is 14.6. The highest BCUT2D eigenvalue weighted by Crippen LogP contribution is 2.21.